The SMILES string of the molecule is O=C(O)C1CCC(=O)N(CCc2ccncc2)C1. The summed E-state index contributed by atoms with van der Waals surface area (Å²) in [5.74, 6) is -1.17. The quantitative estimate of drug-likeness (QED) is 0.861. The van der Waals surface area contributed by atoms with Gasteiger partial charge in [-0.15, -0.1) is 0 Å². The number of aromatic nitrogens is 1. The second-order valence-corrected chi connectivity index (χ2v) is 4.52. The Morgan fingerprint density at radius 1 is 1.44 bits per heavy atom. The molecule has 1 N–H and O–H groups in total. The number of aliphatic carboxylic acids is 1. The number of likely N-dealkylation sites (tertiary alicyclic amines) is 1. The number of pyridine rings is 1. The Bertz CT molecular complexity index is 433. The van der Waals surface area contributed by atoms with Crippen LogP contribution in [0.3, 0.4) is 0 Å². The predicted molar refractivity (Wildman–Crippen MR) is 64.9 cm³/mol. The van der Waals surface area contributed by atoms with Crippen LogP contribution in [0.15, 0.2) is 24.5 Å². The highest BCUT2D eigenvalue weighted by molar-refractivity contribution is 5.80. The van der Waals surface area contributed by atoms with Crippen molar-refractivity contribution in [3.05, 3.63) is 30.1 Å². The molecule has 5 heteroatoms. The van der Waals surface area contributed by atoms with E-state index >= 15 is 0 Å². The lowest BCUT2D eigenvalue weighted by molar-refractivity contribution is -0.147. The molecule has 0 aliphatic carbocycles. The van der Waals surface area contributed by atoms with Crippen molar-refractivity contribution in [3.8, 4) is 0 Å². The first-order valence-corrected chi connectivity index (χ1v) is 6.06. The lowest BCUT2D eigenvalue weighted by atomic mass is 9.97. The molecule has 1 fully saturated rings. The summed E-state index contributed by atoms with van der Waals surface area (Å²) >= 11 is 0. The van der Waals surface area contributed by atoms with Crippen LogP contribution in [0, 0.1) is 5.92 Å². The molecule has 2 heterocycles. The summed E-state index contributed by atoms with van der Waals surface area (Å²) in [5.41, 5.74) is 1.11. The first-order chi connectivity index (χ1) is 8.66. The molecule has 1 amide bonds. The maximum Gasteiger partial charge on any atom is 0.308 e. The van der Waals surface area contributed by atoms with Crippen molar-refractivity contribution < 1.29 is 14.7 Å². The number of hydrogen-bond acceptors (Lipinski definition) is 3. The van der Waals surface area contributed by atoms with Gasteiger partial charge in [-0.25, -0.2) is 0 Å². The monoisotopic (exact) mass is 248 g/mol. The molecule has 0 bridgehead atoms. The van der Waals surface area contributed by atoms with E-state index in [0.29, 0.717) is 25.9 Å². The van der Waals surface area contributed by atoms with Crippen LogP contribution < -0.4 is 0 Å². The van der Waals surface area contributed by atoms with Gasteiger partial charge in [0.05, 0.1) is 5.92 Å². The Morgan fingerprint density at radius 2 is 2.17 bits per heavy atom. The van der Waals surface area contributed by atoms with E-state index in [0.717, 1.165) is 12.0 Å². The highest BCUT2D eigenvalue weighted by atomic mass is 16.4. The van der Waals surface area contributed by atoms with Crippen LogP contribution in [0.4, 0.5) is 0 Å². The number of carboxylic acids is 1. The van der Waals surface area contributed by atoms with Crippen molar-refractivity contribution in [2.24, 2.45) is 5.92 Å². The highest BCUT2D eigenvalue weighted by Gasteiger charge is 2.29. The van der Waals surface area contributed by atoms with Crippen LogP contribution in [-0.4, -0.2) is 40.0 Å². The molecule has 0 spiro atoms. The maximum atomic E-state index is 11.7. The van der Waals surface area contributed by atoms with Gasteiger partial charge in [0, 0.05) is 31.9 Å². The number of carbonyl (C=O) groups is 2. The van der Waals surface area contributed by atoms with Crippen molar-refractivity contribution in [3.63, 3.8) is 0 Å². The van der Waals surface area contributed by atoms with Gasteiger partial charge >= 0.3 is 5.97 Å². The van der Waals surface area contributed by atoms with E-state index in [2.05, 4.69) is 4.98 Å². The van der Waals surface area contributed by atoms with E-state index in [1.54, 1.807) is 17.3 Å². The molecule has 1 saturated heterocycles. The van der Waals surface area contributed by atoms with Gasteiger partial charge in [-0.3, -0.25) is 14.6 Å². The molecule has 1 aliphatic heterocycles. The molecular formula is C13H16N2O3. The zero-order chi connectivity index (χ0) is 13.0. The molecule has 18 heavy (non-hydrogen) atoms. The minimum atomic E-state index is -0.809. The second-order valence-electron chi connectivity index (χ2n) is 4.52. The van der Waals surface area contributed by atoms with Crippen molar-refractivity contribution in [1.29, 1.82) is 0 Å². The van der Waals surface area contributed by atoms with Gasteiger partial charge in [0.1, 0.15) is 0 Å². The highest BCUT2D eigenvalue weighted by Crippen LogP contribution is 2.18. The summed E-state index contributed by atoms with van der Waals surface area (Å²) < 4.78 is 0. The third-order valence-electron chi connectivity index (χ3n) is 3.27. The number of amides is 1. The Labute approximate surface area is 105 Å². The first kappa shape index (κ1) is 12.5. The predicted octanol–water partition coefficient (Wildman–Crippen LogP) is 0.947. The Kier molecular flexibility index (Phi) is 3.92. The number of rotatable bonds is 4. The lowest BCUT2D eigenvalue weighted by Crippen LogP contribution is -2.43. The lowest BCUT2D eigenvalue weighted by Gasteiger charge is -2.30. The molecule has 1 atom stereocenters. The number of piperidine rings is 1. The van der Waals surface area contributed by atoms with Gasteiger partial charge in [-0.05, 0) is 30.5 Å². The fraction of sp³-hybridized carbons (Fsp3) is 0.462. The van der Waals surface area contributed by atoms with Crippen molar-refractivity contribution in [2.75, 3.05) is 13.1 Å². The Balaban J connectivity index is 1.91. The summed E-state index contributed by atoms with van der Waals surface area (Å²) in [5, 5.41) is 8.98. The number of carbonyl (C=O) groups excluding carboxylic acids is 1. The summed E-state index contributed by atoms with van der Waals surface area (Å²) in [6.45, 7) is 0.909. The molecule has 1 unspecified atom stereocenters. The molecular weight excluding hydrogens is 232 g/mol. The third-order valence-corrected chi connectivity index (χ3v) is 3.27. The average molecular weight is 248 g/mol. The second kappa shape index (κ2) is 5.62. The van der Waals surface area contributed by atoms with Crippen LogP contribution in [0.25, 0.3) is 0 Å². The van der Waals surface area contributed by atoms with E-state index in [1.807, 2.05) is 12.1 Å². The smallest absolute Gasteiger partial charge is 0.308 e. The number of carboxylic acid groups (broad SMARTS) is 1. The topological polar surface area (TPSA) is 70.5 Å². The molecule has 1 aromatic heterocycles. The fourth-order valence-electron chi connectivity index (χ4n) is 2.15. The van der Waals surface area contributed by atoms with E-state index in [1.165, 1.54) is 0 Å². The minimum Gasteiger partial charge on any atom is -0.481 e. The molecule has 1 aromatic rings. The first-order valence-electron chi connectivity index (χ1n) is 6.06. The van der Waals surface area contributed by atoms with Crippen molar-refractivity contribution in [2.45, 2.75) is 19.3 Å². The van der Waals surface area contributed by atoms with Gasteiger partial charge in [-0.1, -0.05) is 0 Å². The standard InChI is InChI=1S/C13H16N2O3/c16-12-2-1-11(13(17)18)9-15(12)8-5-10-3-6-14-7-4-10/h3-4,6-7,11H,1-2,5,8-9H2,(H,17,18). The van der Waals surface area contributed by atoms with Gasteiger partial charge in [-0.2, -0.15) is 0 Å². The van der Waals surface area contributed by atoms with Crippen LogP contribution >= 0.6 is 0 Å². The molecule has 0 aromatic carbocycles. The molecule has 1 aliphatic rings. The normalized spacial score (nSPS) is 19.9. The van der Waals surface area contributed by atoms with Crippen molar-refractivity contribution >= 4 is 11.9 Å². The third kappa shape index (κ3) is 3.06. The minimum absolute atomic E-state index is 0.0570. The molecule has 0 radical (unpaired) electrons. The van der Waals surface area contributed by atoms with E-state index in [4.69, 9.17) is 5.11 Å². The largest absolute Gasteiger partial charge is 0.481 e. The number of nitrogens with zero attached hydrogens (tertiary/aromatic N) is 2. The van der Waals surface area contributed by atoms with Crippen LogP contribution in [-0.2, 0) is 16.0 Å². The summed E-state index contributed by atoms with van der Waals surface area (Å²) in [7, 11) is 0. The summed E-state index contributed by atoms with van der Waals surface area (Å²) in [6, 6.07) is 3.81. The Morgan fingerprint density at radius 3 is 2.83 bits per heavy atom. The maximum absolute atomic E-state index is 11.7. The van der Waals surface area contributed by atoms with E-state index in [9.17, 15) is 9.59 Å². The zero-order valence-corrected chi connectivity index (χ0v) is 10.1. The number of hydrogen-bond donors (Lipinski definition) is 1. The zero-order valence-electron chi connectivity index (χ0n) is 10.1. The summed E-state index contributed by atoms with van der Waals surface area (Å²) in [4.78, 5) is 28.2. The molecule has 0 saturated carbocycles. The van der Waals surface area contributed by atoms with Gasteiger partial charge in [0.2, 0.25) is 5.91 Å². The van der Waals surface area contributed by atoms with E-state index in [-0.39, 0.29) is 5.91 Å². The summed E-state index contributed by atoms with van der Waals surface area (Å²) in [6.07, 6.45) is 4.97. The van der Waals surface area contributed by atoms with E-state index < -0.39 is 11.9 Å². The van der Waals surface area contributed by atoms with Gasteiger partial charge in [0.25, 0.3) is 0 Å². The molecule has 2 rings (SSSR count). The Hall–Kier alpha value is -1.91. The fourth-order valence-corrected chi connectivity index (χ4v) is 2.15. The molecule has 96 valence electrons. The average Bonchev–Trinajstić information content (AvgIpc) is 2.38. The molecule has 5 nitrogen and oxygen atoms in total. The van der Waals surface area contributed by atoms with Crippen LogP contribution in [0.5, 0.6) is 0 Å². The van der Waals surface area contributed by atoms with Crippen LogP contribution in [0.2, 0.25) is 0 Å². The van der Waals surface area contributed by atoms with Gasteiger partial charge in [0.15, 0.2) is 0 Å². The van der Waals surface area contributed by atoms with Crippen LogP contribution in [0.1, 0.15) is 18.4 Å². The van der Waals surface area contributed by atoms with Gasteiger partial charge < -0.3 is 10.0 Å². The van der Waals surface area contributed by atoms with Crippen molar-refractivity contribution in [1.82, 2.24) is 9.88 Å².